The van der Waals surface area contributed by atoms with Crippen molar-refractivity contribution in [2.24, 2.45) is 11.5 Å². The molecule has 10 atom stereocenters. The Kier molecular flexibility index (Phi) is 38.3. The van der Waals surface area contributed by atoms with Crippen molar-refractivity contribution in [3.8, 4) is 0 Å². The third-order valence-electron chi connectivity index (χ3n) is 18.9. The van der Waals surface area contributed by atoms with Crippen LogP contribution in [0.25, 0.3) is 0 Å². The van der Waals surface area contributed by atoms with Crippen molar-refractivity contribution < 1.29 is 121 Å². The van der Waals surface area contributed by atoms with Crippen LogP contribution in [0.1, 0.15) is 83.6 Å². The zero-order chi connectivity index (χ0) is 83.7. The number of primary amides is 2. The average Bonchev–Trinajstić information content (AvgIpc) is 1.63. The molecule has 0 bridgehead atoms. The molecule has 42 nitrogen and oxygen atoms in total. The molecule has 3 fully saturated rings. The Morgan fingerprint density at radius 3 is 1.67 bits per heavy atom. The number of nitrogens with two attached hydrogens (primary N) is 2. The molecular weight excluding hydrogens is 1540 g/mol. The fourth-order valence-corrected chi connectivity index (χ4v) is 15.3. The molecule has 0 radical (unpaired) electrons. The number of hydrogen-bond acceptors (Lipinski definition) is 27. The van der Waals surface area contributed by atoms with E-state index in [0.717, 1.165) is 6.92 Å². The maximum absolute atomic E-state index is 15.3. The van der Waals surface area contributed by atoms with Gasteiger partial charge in [-0.25, -0.2) is 0 Å². The van der Waals surface area contributed by atoms with Crippen LogP contribution in [0.4, 0.5) is 0 Å². The van der Waals surface area contributed by atoms with E-state index in [1.165, 1.54) is 9.80 Å². The molecule has 5 heterocycles. The summed E-state index contributed by atoms with van der Waals surface area (Å²) in [6.07, 6.45) is -2.82. The van der Waals surface area contributed by atoms with E-state index in [1.54, 1.807) is 56.9 Å². The van der Waals surface area contributed by atoms with E-state index < -0.39 is 214 Å². The highest BCUT2D eigenvalue weighted by Crippen LogP contribution is 2.34. The van der Waals surface area contributed by atoms with Crippen LogP contribution in [0.3, 0.4) is 0 Å². The largest absolute Gasteiger partial charge is 0.481 e. The molecule has 3 saturated heterocycles. The number of aliphatic carboxylic acids is 4. The van der Waals surface area contributed by atoms with Crippen LogP contribution in [-0.2, 0) is 102 Å². The summed E-state index contributed by atoms with van der Waals surface area (Å²) in [5.74, 6) is -20.0. The standard InChI is InChI=1S/C70H103N17O25S2/c1-3-4-12-42(74-52(91)37-112-30-29-111-28-17-73-51(90)33-82-20-22-83(34-54(94)95)24-26-85(36-56(98)99)27-25-84(23-21-82)35-55(96)97)61(101)79-47-39-114-59-58(67(107)81-68(59)108)113-38-46(64(104)76-44(60(72)100)32-53(92)93)78-63(103)45(31-41-10-6-5-7-11-41)77-62(102)43(15-16-50(71)89)75-66(106)57(40(2)88)80-65(105)48-13-8-18-86(48)70(110)49-14-9-19-87(49)69(47)109/h5-7,10-11,40,42-49,57,88H,3-4,8-9,12-39H2,1-2H3,(H2,71,89)(H2,72,100)(H,73,90)(H,74,91)(H,75,106)(H,76,104)(H,77,102)(H,78,103)(H,79,101)(H,80,105)(H,92,93)(H,94,95)(H,96,97)(H,98,99)(H,81,107,108)/t40-,42+,43+,44+,45+,46+,47+,48+,49+,57+/m1/s1. The predicted molar refractivity (Wildman–Crippen MR) is 403 cm³/mol. The van der Waals surface area contributed by atoms with Gasteiger partial charge in [-0.15, -0.1) is 23.5 Å². The third kappa shape index (κ3) is 30.8. The molecule has 5 aliphatic rings. The number of carbonyl (C=O) groups is 18. The molecule has 1 aromatic rings. The number of nitrogens with one attached hydrogen (secondary N) is 9. The lowest BCUT2D eigenvalue weighted by Gasteiger charge is -2.34. The van der Waals surface area contributed by atoms with Crippen LogP contribution >= 0.6 is 23.5 Å². The summed E-state index contributed by atoms with van der Waals surface area (Å²) in [6, 6.07) is -6.87. The maximum Gasteiger partial charge on any atom is 0.317 e. The van der Waals surface area contributed by atoms with Gasteiger partial charge in [0.05, 0.1) is 68.3 Å². The third-order valence-corrected chi connectivity index (χ3v) is 21.4. The SMILES string of the molecule is CCCC[C@H](NC(=O)COCCOCCNC(=O)CN1CCN(CC(=O)O)CCN(CC(=O)O)CCN(CC(=O)O)CC1)C(=O)N[C@H]1CSC2=C(SC[C@@H](C(=O)N[C@@H](CC(=O)O)C(N)=O)NC(=O)[C@H](Cc3ccccc3)NC(=O)[C@H](CCC(N)=O)NC(=O)[C@H]([C@@H](C)O)NC(=O)[C@@H]3CCCN3C(=O)[C@@H]3CCCN3C1=O)C(=O)NC2=O. The highest BCUT2D eigenvalue weighted by molar-refractivity contribution is 8.08. The fraction of sp³-hybridized carbons (Fsp3) is 0.629. The molecule has 14 amide bonds. The molecule has 0 unspecified atom stereocenters. The molecule has 1 aromatic carbocycles. The van der Waals surface area contributed by atoms with Crippen LogP contribution < -0.4 is 59.3 Å². The van der Waals surface area contributed by atoms with Gasteiger partial charge in [0.1, 0.15) is 61.0 Å². The van der Waals surface area contributed by atoms with Crippen molar-refractivity contribution in [3.05, 3.63) is 45.7 Å². The van der Waals surface area contributed by atoms with Gasteiger partial charge in [0.15, 0.2) is 0 Å². The molecule has 0 aliphatic carbocycles. The molecule has 114 heavy (non-hydrogen) atoms. The topological polar surface area (TPSA) is 607 Å². The van der Waals surface area contributed by atoms with Crippen LogP contribution in [0, 0.1) is 0 Å². The minimum atomic E-state index is -1.92. The van der Waals surface area contributed by atoms with Gasteiger partial charge in [0, 0.05) is 96.3 Å². The van der Waals surface area contributed by atoms with Gasteiger partial charge in [0.2, 0.25) is 70.9 Å². The Morgan fingerprint density at radius 2 is 1.12 bits per heavy atom. The van der Waals surface area contributed by atoms with E-state index in [9.17, 15) is 107 Å². The normalized spacial score (nSPS) is 23.0. The van der Waals surface area contributed by atoms with Crippen molar-refractivity contribution in [2.45, 2.75) is 145 Å². The van der Waals surface area contributed by atoms with Gasteiger partial charge in [0.25, 0.3) is 11.8 Å². The van der Waals surface area contributed by atoms with Crippen molar-refractivity contribution in [1.82, 2.24) is 77.3 Å². The first kappa shape index (κ1) is 92.9. The van der Waals surface area contributed by atoms with Gasteiger partial charge in [-0.05, 0) is 51.0 Å². The number of imide groups is 1. The van der Waals surface area contributed by atoms with Crippen molar-refractivity contribution >= 4 is 130 Å². The van der Waals surface area contributed by atoms with Gasteiger partial charge in [-0.2, -0.15) is 0 Å². The smallest absolute Gasteiger partial charge is 0.317 e. The predicted octanol–water partition coefficient (Wildman–Crippen LogP) is -7.63. The first-order chi connectivity index (χ1) is 54.2. The zero-order valence-electron chi connectivity index (χ0n) is 63.3. The Labute approximate surface area is 664 Å². The Bertz CT molecular complexity index is 3640. The minimum absolute atomic E-state index is 0.00320. The Morgan fingerprint density at radius 1 is 0.588 bits per heavy atom. The number of rotatable bonds is 33. The molecule has 0 saturated carbocycles. The van der Waals surface area contributed by atoms with Crippen LogP contribution in [0.15, 0.2) is 40.1 Å². The molecule has 0 spiro atoms. The number of fused-ring (bicyclic) bond motifs is 2. The number of hydrogen-bond donors (Lipinski definition) is 16. The second kappa shape index (κ2) is 47.0. The number of nitrogens with zero attached hydrogens (tertiary/aromatic N) is 6. The second-order valence-corrected chi connectivity index (χ2v) is 29.8. The lowest BCUT2D eigenvalue weighted by molar-refractivity contribution is -0.148. The maximum atomic E-state index is 15.3. The molecule has 0 aromatic heterocycles. The number of amides is 14. The Hall–Kier alpha value is -9.96. The molecule has 44 heteroatoms. The highest BCUT2D eigenvalue weighted by Gasteiger charge is 2.46. The van der Waals surface area contributed by atoms with E-state index in [-0.39, 0.29) is 157 Å². The Balaban J connectivity index is 1.22. The van der Waals surface area contributed by atoms with Crippen LogP contribution in [0.2, 0.25) is 0 Å². The lowest BCUT2D eigenvalue weighted by Crippen LogP contribution is -2.62. The summed E-state index contributed by atoms with van der Waals surface area (Å²) in [7, 11) is 0. The quantitative estimate of drug-likeness (QED) is 0.0230. The van der Waals surface area contributed by atoms with Crippen molar-refractivity contribution in [2.75, 3.05) is 136 Å². The summed E-state index contributed by atoms with van der Waals surface area (Å²) in [5.41, 5.74) is 11.4. The van der Waals surface area contributed by atoms with Crippen LogP contribution in [-0.4, -0.2) is 358 Å². The summed E-state index contributed by atoms with van der Waals surface area (Å²) in [5, 5.41) is 71.5. The van der Waals surface area contributed by atoms with Gasteiger partial charge >= 0.3 is 23.9 Å². The molecular formula is C70H103N17O25S2. The van der Waals surface area contributed by atoms with E-state index in [4.69, 9.17) is 20.9 Å². The number of benzene rings is 1. The summed E-state index contributed by atoms with van der Waals surface area (Å²) < 4.78 is 11.2. The minimum Gasteiger partial charge on any atom is -0.481 e. The fourth-order valence-electron chi connectivity index (χ4n) is 13.0. The number of carbonyl (C=O) groups excluding carboxylic acids is 14. The van der Waals surface area contributed by atoms with Gasteiger partial charge in [-0.3, -0.25) is 111 Å². The number of aliphatic hydroxyl groups is 1. The van der Waals surface area contributed by atoms with E-state index in [2.05, 4.69) is 47.9 Å². The van der Waals surface area contributed by atoms with E-state index >= 15 is 4.79 Å². The number of carboxylic acids is 4. The monoisotopic (exact) mass is 1650 g/mol. The first-order valence-corrected chi connectivity index (χ1v) is 39.3. The highest BCUT2D eigenvalue weighted by atomic mass is 32.2. The van der Waals surface area contributed by atoms with Crippen molar-refractivity contribution in [1.29, 1.82) is 0 Å². The number of thioether (sulfide) groups is 2. The number of aliphatic hydroxyl groups excluding tert-OH is 1. The number of unbranched alkanes of at least 4 members (excludes halogenated alkanes) is 1. The number of carboxylic acid groups (broad SMARTS) is 4. The van der Waals surface area contributed by atoms with E-state index in [1.807, 2.05) is 0 Å². The summed E-state index contributed by atoms with van der Waals surface area (Å²) in [6.45, 7) is 2.39. The summed E-state index contributed by atoms with van der Waals surface area (Å²) >= 11 is 1.06. The zero-order valence-corrected chi connectivity index (χ0v) is 65.0. The summed E-state index contributed by atoms with van der Waals surface area (Å²) in [4.78, 5) is 252. The second-order valence-electron chi connectivity index (χ2n) is 27.7. The number of ether oxygens (including phenoxy) is 2. The van der Waals surface area contributed by atoms with Gasteiger partial charge < -0.3 is 98.8 Å². The molecule has 5 aliphatic heterocycles. The average molecular weight is 1650 g/mol. The van der Waals surface area contributed by atoms with Crippen LogP contribution in [0.5, 0.6) is 0 Å². The first-order valence-electron chi connectivity index (χ1n) is 37.3. The molecule has 6 rings (SSSR count). The lowest BCUT2D eigenvalue weighted by atomic mass is 10.0. The molecule has 630 valence electrons. The van der Waals surface area contributed by atoms with Crippen molar-refractivity contribution in [3.63, 3.8) is 0 Å². The van der Waals surface area contributed by atoms with E-state index in [0.29, 0.717) is 41.9 Å². The molecule has 18 N–H and O–H groups in total. The van der Waals surface area contributed by atoms with Gasteiger partial charge in [-0.1, -0.05) is 50.1 Å².